The van der Waals surface area contributed by atoms with Gasteiger partial charge < -0.3 is 9.64 Å². The molecule has 2 atom stereocenters. The number of ether oxygens (including phenoxy) is 1. The third-order valence-electron chi connectivity index (χ3n) is 5.28. The van der Waals surface area contributed by atoms with E-state index in [9.17, 15) is 0 Å². The van der Waals surface area contributed by atoms with Crippen LogP contribution in [0.25, 0.3) is 0 Å². The van der Waals surface area contributed by atoms with Crippen molar-refractivity contribution in [2.75, 3.05) is 20.1 Å². The summed E-state index contributed by atoms with van der Waals surface area (Å²) in [5, 5.41) is 0. The van der Waals surface area contributed by atoms with Crippen LogP contribution >= 0.6 is 0 Å². The third kappa shape index (κ3) is 1.75. The van der Waals surface area contributed by atoms with Gasteiger partial charge in [0, 0.05) is 35.5 Å². The predicted molar refractivity (Wildman–Crippen MR) is 85.2 cm³/mol. The van der Waals surface area contributed by atoms with Crippen LogP contribution in [-0.4, -0.2) is 25.0 Å². The number of hydrogen-bond acceptors (Lipinski definition) is 2. The number of hydrogen-bond donors (Lipinski definition) is 0. The van der Waals surface area contributed by atoms with Crippen molar-refractivity contribution in [2.24, 2.45) is 0 Å². The second kappa shape index (κ2) is 4.60. The van der Waals surface area contributed by atoms with Gasteiger partial charge in [0.2, 0.25) is 0 Å². The van der Waals surface area contributed by atoms with Gasteiger partial charge in [-0.2, -0.15) is 0 Å². The van der Waals surface area contributed by atoms with E-state index in [1.165, 1.54) is 11.1 Å². The van der Waals surface area contributed by atoms with E-state index in [2.05, 4.69) is 67.4 Å². The first-order chi connectivity index (χ1) is 10.2. The van der Waals surface area contributed by atoms with Crippen LogP contribution in [0.4, 0.5) is 0 Å². The molecule has 0 spiro atoms. The minimum Gasteiger partial charge on any atom is -0.457 e. The Hall–Kier alpha value is -1.80. The average molecular weight is 279 g/mol. The zero-order valence-electron chi connectivity index (χ0n) is 12.7. The van der Waals surface area contributed by atoms with E-state index >= 15 is 0 Å². The molecule has 2 heterocycles. The van der Waals surface area contributed by atoms with Gasteiger partial charge in [-0.05, 0) is 25.6 Å². The van der Waals surface area contributed by atoms with Crippen LogP contribution in [-0.2, 0) is 5.41 Å². The lowest BCUT2D eigenvalue weighted by Crippen LogP contribution is -2.33. The van der Waals surface area contributed by atoms with Gasteiger partial charge in [0.25, 0.3) is 0 Å². The van der Waals surface area contributed by atoms with Crippen molar-refractivity contribution in [1.82, 2.24) is 4.90 Å². The Kier molecular flexibility index (Phi) is 2.83. The molecule has 0 saturated carbocycles. The Morgan fingerprint density at radius 1 is 1.10 bits per heavy atom. The van der Waals surface area contributed by atoms with Crippen molar-refractivity contribution in [1.29, 1.82) is 0 Å². The van der Waals surface area contributed by atoms with Crippen LogP contribution in [0.15, 0.2) is 48.5 Å². The molecular weight excluding hydrogens is 258 g/mol. The fourth-order valence-corrected chi connectivity index (χ4v) is 4.31. The van der Waals surface area contributed by atoms with E-state index in [0.717, 1.165) is 31.0 Å². The largest absolute Gasteiger partial charge is 0.457 e. The van der Waals surface area contributed by atoms with Crippen LogP contribution in [0.5, 0.6) is 11.5 Å². The first kappa shape index (κ1) is 12.9. The lowest BCUT2D eigenvalue weighted by atomic mass is 9.68. The number of nitrogens with zero attached hydrogens (tertiary/aromatic N) is 1. The summed E-state index contributed by atoms with van der Waals surface area (Å²) in [6, 6.07) is 17.2. The molecule has 2 nitrogen and oxygen atoms in total. The Bertz CT molecular complexity index is 681. The molecule has 4 rings (SSSR count). The second-order valence-electron chi connectivity index (χ2n) is 6.40. The average Bonchev–Trinajstić information content (AvgIpc) is 2.81. The molecule has 0 N–H and O–H groups in total. The molecule has 0 radical (unpaired) electrons. The number of likely N-dealkylation sites (N-methyl/N-ethyl adjacent to an activating group) is 1. The van der Waals surface area contributed by atoms with Gasteiger partial charge in [0.15, 0.2) is 0 Å². The summed E-state index contributed by atoms with van der Waals surface area (Å²) < 4.78 is 6.28. The van der Waals surface area contributed by atoms with E-state index in [0.29, 0.717) is 5.92 Å². The maximum absolute atomic E-state index is 6.28. The van der Waals surface area contributed by atoms with Crippen LogP contribution in [0.3, 0.4) is 0 Å². The molecule has 2 aromatic rings. The SMILES string of the molecule is CCC12CN(C)CC1c1ccccc1Oc1ccccc12. The summed E-state index contributed by atoms with van der Waals surface area (Å²) >= 11 is 0. The van der Waals surface area contributed by atoms with E-state index in [1.54, 1.807) is 0 Å². The summed E-state index contributed by atoms with van der Waals surface area (Å²) in [6.07, 6.45) is 1.14. The highest BCUT2D eigenvalue weighted by molar-refractivity contribution is 5.53. The van der Waals surface area contributed by atoms with Crippen LogP contribution in [0.2, 0.25) is 0 Å². The van der Waals surface area contributed by atoms with Crippen molar-refractivity contribution < 1.29 is 4.74 Å². The summed E-state index contributed by atoms with van der Waals surface area (Å²) in [7, 11) is 2.23. The molecule has 0 amide bonds. The number of rotatable bonds is 1. The number of para-hydroxylation sites is 2. The molecule has 2 heteroatoms. The number of fused-ring (bicyclic) bond motifs is 5. The van der Waals surface area contributed by atoms with Gasteiger partial charge in [-0.3, -0.25) is 0 Å². The highest BCUT2D eigenvalue weighted by Gasteiger charge is 2.49. The van der Waals surface area contributed by atoms with Gasteiger partial charge >= 0.3 is 0 Å². The highest BCUT2D eigenvalue weighted by Crippen LogP contribution is 2.54. The molecule has 2 aromatic carbocycles. The van der Waals surface area contributed by atoms with Crippen LogP contribution in [0, 0.1) is 0 Å². The molecule has 2 aliphatic rings. The van der Waals surface area contributed by atoms with Gasteiger partial charge in [-0.25, -0.2) is 0 Å². The molecule has 21 heavy (non-hydrogen) atoms. The fourth-order valence-electron chi connectivity index (χ4n) is 4.31. The Balaban J connectivity index is 2.01. The Morgan fingerprint density at radius 3 is 2.62 bits per heavy atom. The molecule has 1 fully saturated rings. The van der Waals surface area contributed by atoms with E-state index in [1.807, 2.05) is 0 Å². The molecule has 0 bridgehead atoms. The summed E-state index contributed by atoms with van der Waals surface area (Å²) in [6.45, 7) is 4.52. The zero-order valence-corrected chi connectivity index (χ0v) is 12.7. The highest BCUT2D eigenvalue weighted by atomic mass is 16.5. The molecule has 108 valence electrons. The summed E-state index contributed by atoms with van der Waals surface area (Å²) in [4.78, 5) is 2.47. The zero-order chi connectivity index (χ0) is 14.4. The van der Waals surface area contributed by atoms with Gasteiger partial charge in [-0.15, -0.1) is 0 Å². The molecule has 0 aliphatic carbocycles. The van der Waals surface area contributed by atoms with Crippen molar-refractivity contribution in [3.8, 4) is 11.5 Å². The normalized spacial score (nSPS) is 27.2. The van der Waals surface area contributed by atoms with Crippen molar-refractivity contribution in [3.63, 3.8) is 0 Å². The minimum absolute atomic E-state index is 0.165. The third-order valence-corrected chi connectivity index (χ3v) is 5.28. The second-order valence-corrected chi connectivity index (χ2v) is 6.40. The van der Waals surface area contributed by atoms with Gasteiger partial charge in [0.05, 0.1) is 0 Å². The standard InChI is InChI=1S/C19H21NO/c1-3-19-13-20(2)12-16(19)14-8-4-6-10-17(14)21-18-11-7-5-9-15(18)19/h4-11,16H,3,12-13H2,1-2H3. The summed E-state index contributed by atoms with van der Waals surface area (Å²) in [5.41, 5.74) is 2.90. The first-order valence-electron chi connectivity index (χ1n) is 7.79. The van der Waals surface area contributed by atoms with Crippen LogP contribution < -0.4 is 4.74 Å². The minimum atomic E-state index is 0.165. The number of likely N-dealkylation sites (tertiary alicyclic amines) is 1. The monoisotopic (exact) mass is 279 g/mol. The van der Waals surface area contributed by atoms with E-state index in [4.69, 9.17) is 4.74 Å². The predicted octanol–water partition coefficient (Wildman–Crippen LogP) is 4.17. The molecule has 2 aliphatic heterocycles. The maximum atomic E-state index is 6.28. The Labute approximate surface area is 126 Å². The van der Waals surface area contributed by atoms with Gasteiger partial charge in [0.1, 0.15) is 11.5 Å². The van der Waals surface area contributed by atoms with E-state index in [-0.39, 0.29) is 5.41 Å². The van der Waals surface area contributed by atoms with Gasteiger partial charge in [-0.1, -0.05) is 43.3 Å². The quantitative estimate of drug-likeness (QED) is 0.777. The summed E-state index contributed by atoms with van der Waals surface area (Å²) in [5.74, 6) is 2.57. The van der Waals surface area contributed by atoms with Crippen molar-refractivity contribution in [3.05, 3.63) is 59.7 Å². The first-order valence-corrected chi connectivity index (χ1v) is 7.79. The molecule has 2 unspecified atom stereocenters. The molecular formula is C19H21NO. The van der Waals surface area contributed by atoms with Crippen molar-refractivity contribution in [2.45, 2.75) is 24.7 Å². The van der Waals surface area contributed by atoms with E-state index < -0.39 is 0 Å². The maximum Gasteiger partial charge on any atom is 0.131 e. The lowest BCUT2D eigenvalue weighted by molar-refractivity contribution is 0.351. The fraction of sp³-hybridized carbons (Fsp3) is 0.368. The number of benzene rings is 2. The van der Waals surface area contributed by atoms with Crippen molar-refractivity contribution >= 4 is 0 Å². The van der Waals surface area contributed by atoms with Crippen LogP contribution in [0.1, 0.15) is 30.4 Å². The molecule has 0 aromatic heterocycles. The topological polar surface area (TPSA) is 12.5 Å². The smallest absolute Gasteiger partial charge is 0.131 e. The Morgan fingerprint density at radius 2 is 1.81 bits per heavy atom. The lowest BCUT2D eigenvalue weighted by Gasteiger charge is -2.33. The molecule has 1 saturated heterocycles.